The van der Waals surface area contributed by atoms with Crippen LogP contribution in [0.15, 0.2) is 55.0 Å². The lowest BCUT2D eigenvalue weighted by Gasteiger charge is -2.22. The minimum Gasteiger partial charge on any atom is -0.351 e. The molecule has 2 N–H and O–H groups in total. The van der Waals surface area contributed by atoms with Crippen molar-refractivity contribution < 1.29 is 18.0 Å². The number of hydrogen-bond acceptors (Lipinski definition) is 3. The predicted octanol–water partition coefficient (Wildman–Crippen LogP) is 4.17. The maximum absolute atomic E-state index is 12.6. The van der Waals surface area contributed by atoms with Crippen LogP contribution in [0.4, 0.5) is 23.7 Å². The van der Waals surface area contributed by atoms with Gasteiger partial charge in [0.2, 0.25) is 0 Å². The number of primary amides is 1. The molecule has 0 spiro atoms. The highest BCUT2D eigenvalue weighted by Gasteiger charge is 2.31. The van der Waals surface area contributed by atoms with E-state index in [9.17, 15) is 18.0 Å². The Hall–Kier alpha value is -3.16. The first-order valence-corrected chi connectivity index (χ1v) is 8.28. The van der Waals surface area contributed by atoms with Gasteiger partial charge in [0.1, 0.15) is 5.69 Å². The summed E-state index contributed by atoms with van der Waals surface area (Å²) in [5.74, 6) is 0. The second kappa shape index (κ2) is 7.61. The van der Waals surface area contributed by atoms with Gasteiger partial charge in [0.05, 0.1) is 5.69 Å². The van der Waals surface area contributed by atoms with E-state index in [0.717, 1.165) is 16.8 Å². The van der Waals surface area contributed by atoms with Gasteiger partial charge < -0.3 is 5.73 Å². The number of fused-ring (bicyclic) bond motifs is 1. The fourth-order valence-corrected chi connectivity index (χ4v) is 2.87. The predicted molar refractivity (Wildman–Crippen MR) is 96.2 cm³/mol. The van der Waals surface area contributed by atoms with Crippen molar-refractivity contribution in [1.82, 2.24) is 9.97 Å². The highest BCUT2D eigenvalue weighted by molar-refractivity contribution is 6.02. The zero-order chi connectivity index (χ0) is 19.4. The van der Waals surface area contributed by atoms with E-state index in [2.05, 4.69) is 9.97 Å². The number of urea groups is 1. The number of carbonyl (C=O) groups excluding carboxylic acids is 1. The van der Waals surface area contributed by atoms with Crippen molar-refractivity contribution in [2.75, 3.05) is 11.4 Å². The molecule has 0 radical (unpaired) electrons. The number of halogens is 3. The quantitative estimate of drug-likeness (QED) is 0.729. The Labute approximate surface area is 153 Å². The molecule has 2 heterocycles. The second-order valence-corrected chi connectivity index (χ2v) is 6.02. The summed E-state index contributed by atoms with van der Waals surface area (Å²) in [6.07, 6.45) is 1.09. The zero-order valence-corrected chi connectivity index (χ0v) is 14.3. The molecule has 8 heteroatoms. The summed E-state index contributed by atoms with van der Waals surface area (Å²) in [6, 6.07) is 9.07. The number of pyridine rings is 2. The van der Waals surface area contributed by atoms with Crippen LogP contribution in [0.2, 0.25) is 0 Å². The van der Waals surface area contributed by atoms with E-state index >= 15 is 0 Å². The first-order chi connectivity index (χ1) is 12.9. The number of anilines is 1. The monoisotopic (exact) mass is 374 g/mol. The largest absolute Gasteiger partial charge is 0.433 e. The molecule has 3 rings (SSSR count). The van der Waals surface area contributed by atoms with E-state index in [1.165, 1.54) is 17.2 Å². The maximum atomic E-state index is 12.6. The van der Waals surface area contributed by atoms with Crippen molar-refractivity contribution in [3.63, 3.8) is 0 Å². The van der Waals surface area contributed by atoms with Crippen LogP contribution in [0.25, 0.3) is 10.8 Å². The van der Waals surface area contributed by atoms with Crippen molar-refractivity contribution >= 4 is 22.5 Å². The van der Waals surface area contributed by atoms with Crippen molar-refractivity contribution in [3.8, 4) is 0 Å². The van der Waals surface area contributed by atoms with Gasteiger partial charge in [-0.1, -0.05) is 18.2 Å². The maximum Gasteiger partial charge on any atom is 0.433 e. The molecule has 0 saturated heterocycles. The first-order valence-electron chi connectivity index (χ1n) is 8.28. The molecule has 1 aromatic carbocycles. The van der Waals surface area contributed by atoms with Gasteiger partial charge in [0.25, 0.3) is 0 Å². The van der Waals surface area contributed by atoms with E-state index in [1.807, 2.05) is 12.1 Å². The number of alkyl halides is 3. The van der Waals surface area contributed by atoms with Crippen molar-refractivity contribution in [2.24, 2.45) is 5.73 Å². The van der Waals surface area contributed by atoms with Gasteiger partial charge in [-0.2, -0.15) is 13.2 Å². The molecule has 0 atom stereocenters. The fraction of sp³-hybridized carbons (Fsp3) is 0.211. The van der Waals surface area contributed by atoms with Gasteiger partial charge in [-0.15, -0.1) is 0 Å². The second-order valence-electron chi connectivity index (χ2n) is 6.02. The minimum atomic E-state index is -4.45. The number of nitrogens with two attached hydrogens (primary N) is 1. The Kier molecular flexibility index (Phi) is 5.25. The van der Waals surface area contributed by atoms with Gasteiger partial charge in [0.15, 0.2) is 0 Å². The molecule has 27 heavy (non-hydrogen) atoms. The number of nitrogens with zero attached hydrogens (tertiary/aromatic N) is 3. The van der Waals surface area contributed by atoms with E-state index in [0.29, 0.717) is 30.6 Å². The molecule has 3 aromatic rings. The molecule has 0 saturated carbocycles. The molecule has 0 fully saturated rings. The molecule has 0 unspecified atom stereocenters. The van der Waals surface area contributed by atoms with Crippen LogP contribution >= 0.6 is 0 Å². The van der Waals surface area contributed by atoms with Crippen molar-refractivity contribution in [3.05, 3.63) is 66.2 Å². The molecule has 0 aliphatic rings. The van der Waals surface area contributed by atoms with Gasteiger partial charge in [0, 0.05) is 35.9 Å². The van der Waals surface area contributed by atoms with E-state index in [-0.39, 0.29) is 0 Å². The fourth-order valence-electron chi connectivity index (χ4n) is 2.87. The highest BCUT2D eigenvalue weighted by Crippen LogP contribution is 2.28. The molecular weight excluding hydrogens is 357 g/mol. The van der Waals surface area contributed by atoms with Crippen LogP contribution in [0.5, 0.6) is 0 Å². The highest BCUT2D eigenvalue weighted by atomic mass is 19.4. The van der Waals surface area contributed by atoms with Crippen molar-refractivity contribution in [1.29, 1.82) is 0 Å². The lowest BCUT2D eigenvalue weighted by atomic mass is 10.1. The molecule has 5 nitrogen and oxygen atoms in total. The van der Waals surface area contributed by atoms with Crippen molar-refractivity contribution in [2.45, 2.75) is 19.0 Å². The van der Waals surface area contributed by atoms with Crippen LogP contribution in [-0.2, 0) is 12.6 Å². The number of benzene rings is 1. The third kappa shape index (κ3) is 4.33. The summed E-state index contributed by atoms with van der Waals surface area (Å²) in [5, 5.41) is 1.73. The molecule has 0 aliphatic carbocycles. The van der Waals surface area contributed by atoms with Crippen LogP contribution < -0.4 is 10.6 Å². The first kappa shape index (κ1) is 18.6. The molecule has 0 aliphatic heterocycles. The van der Waals surface area contributed by atoms with E-state index < -0.39 is 17.9 Å². The summed E-state index contributed by atoms with van der Waals surface area (Å²) in [6.45, 7) is 0.331. The van der Waals surface area contributed by atoms with Gasteiger partial charge in [-0.05, 0) is 36.6 Å². The standard InChI is InChI=1S/C19H17F3N4O/c20-19(21,22)17-7-6-13(11-25-17)3-2-10-26(18(23)27)16-5-1-4-14-12-24-9-8-15(14)16/h1,4-9,11-12H,2-3,10H2,(H2,23,27). The average molecular weight is 374 g/mol. The summed E-state index contributed by atoms with van der Waals surface area (Å²) in [5.41, 5.74) is 5.95. The lowest BCUT2D eigenvalue weighted by Crippen LogP contribution is -2.36. The molecular formula is C19H17F3N4O. The summed E-state index contributed by atoms with van der Waals surface area (Å²) < 4.78 is 37.7. The van der Waals surface area contributed by atoms with Gasteiger partial charge >= 0.3 is 12.2 Å². The third-order valence-corrected chi connectivity index (χ3v) is 4.18. The Balaban J connectivity index is 1.71. The molecule has 2 amide bonds. The van der Waals surface area contributed by atoms with Crippen LogP contribution in [-0.4, -0.2) is 22.5 Å². The average Bonchev–Trinajstić information content (AvgIpc) is 2.64. The smallest absolute Gasteiger partial charge is 0.351 e. The molecule has 140 valence electrons. The van der Waals surface area contributed by atoms with Crippen LogP contribution in [0.1, 0.15) is 17.7 Å². The van der Waals surface area contributed by atoms with Gasteiger partial charge in [-0.3, -0.25) is 14.9 Å². The normalized spacial score (nSPS) is 11.5. The summed E-state index contributed by atoms with van der Waals surface area (Å²) in [4.78, 5) is 20.9. The van der Waals surface area contributed by atoms with Crippen LogP contribution in [0, 0.1) is 0 Å². The Morgan fingerprint density at radius 2 is 1.93 bits per heavy atom. The molecule has 2 aromatic heterocycles. The van der Waals surface area contributed by atoms with E-state index in [1.54, 1.807) is 24.5 Å². The third-order valence-electron chi connectivity index (χ3n) is 4.18. The summed E-state index contributed by atoms with van der Waals surface area (Å²) >= 11 is 0. The number of amides is 2. The number of rotatable bonds is 5. The Morgan fingerprint density at radius 3 is 2.59 bits per heavy atom. The lowest BCUT2D eigenvalue weighted by molar-refractivity contribution is -0.141. The number of aromatic nitrogens is 2. The topological polar surface area (TPSA) is 72.1 Å². The Morgan fingerprint density at radius 1 is 1.11 bits per heavy atom. The van der Waals surface area contributed by atoms with E-state index in [4.69, 9.17) is 5.73 Å². The number of hydrogen-bond donors (Lipinski definition) is 1. The van der Waals surface area contributed by atoms with Gasteiger partial charge in [-0.25, -0.2) is 4.79 Å². The molecule has 0 bridgehead atoms. The SMILES string of the molecule is NC(=O)N(CCCc1ccc(C(F)(F)F)nc1)c1cccc2cnccc12. The zero-order valence-electron chi connectivity index (χ0n) is 14.3. The number of carbonyl (C=O) groups is 1. The number of aryl methyl sites for hydroxylation is 1. The Bertz CT molecular complexity index is 936. The minimum absolute atomic E-state index is 0.331. The summed E-state index contributed by atoms with van der Waals surface area (Å²) in [7, 11) is 0. The van der Waals surface area contributed by atoms with Crippen LogP contribution in [0.3, 0.4) is 0 Å².